The van der Waals surface area contributed by atoms with Crippen LogP contribution < -0.4 is 5.73 Å². The fourth-order valence-corrected chi connectivity index (χ4v) is 2.67. The van der Waals surface area contributed by atoms with Gasteiger partial charge in [-0.1, -0.05) is 0 Å². The van der Waals surface area contributed by atoms with E-state index in [2.05, 4.69) is 40.4 Å². The summed E-state index contributed by atoms with van der Waals surface area (Å²) < 4.78 is 2.17. The predicted octanol–water partition coefficient (Wildman–Crippen LogP) is 0.0186. The standard InChI is InChI=1S/C13H25N5/c1-4-18-6-5-15-13(18)9-11(14)12-10-16(2)7-8-17(12)3/h5-6,11-12H,4,7-10,14H2,1-3H3. The molecule has 2 atom stereocenters. The third-order valence-corrected chi connectivity index (χ3v) is 3.95. The fraction of sp³-hybridized carbons (Fsp3) is 0.769. The Morgan fingerprint density at radius 3 is 2.94 bits per heavy atom. The maximum absolute atomic E-state index is 6.39. The molecule has 2 unspecified atom stereocenters. The Hall–Kier alpha value is -0.910. The van der Waals surface area contributed by atoms with Gasteiger partial charge in [0.2, 0.25) is 0 Å². The van der Waals surface area contributed by atoms with E-state index < -0.39 is 0 Å². The second kappa shape index (κ2) is 5.82. The molecule has 1 fully saturated rings. The molecule has 0 aromatic carbocycles. The van der Waals surface area contributed by atoms with Crippen LogP contribution in [0.1, 0.15) is 12.7 Å². The lowest BCUT2D eigenvalue weighted by Crippen LogP contribution is -2.58. The van der Waals surface area contributed by atoms with Crippen molar-refractivity contribution in [1.29, 1.82) is 0 Å². The molecule has 18 heavy (non-hydrogen) atoms. The van der Waals surface area contributed by atoms with E-state index in [4.69, 9.17) is 5.73 Å². The highest BCUT2D eigenvalue weighted by Gasteiger charge is 2.28. The van der Waals surface area contributed by atoms with Crippen LogP contribution in [0.5, 0.6) is 0 Å². The van der Waals surface area contributed by atoms with Crippen molar-refractivity contribution in [3.8, 4) is 0 Å². The zero-order valence-electron chi connectivity index (χ0n) is 11.7. The molecule has 2 rings (SSSR count). The summed E-state index contributed by atoms with van der Waals surface area (Å²) in [6.07, 6.45) is 4.74. The number of piperazine rings is 1. The number of hydrogen-bond acceptors (Lipinski definition) is 4. The van der Waals surface area contributed by atoms with Gasteiger partial charge in [0.1, 0.15) is 5.82 Å². The molecule has 1 aliphatic heterocycles. The number of rotatable bonds is 4. The lowest BCUT2D eigenvalue weighted by molar-refractivity contribution is 0.0967. The molecule has 0 spiro atoms. The van der Waals surface area contributed by atoms with Crippen molar-refractivity contribution in [2.75, 3.05) is 33.7 Å². The second-order valence-corrected chi connectivity index (χ2v) is 5.31. The summed E-state index contributed by atoms with van der Waals surface area (Å²) in [5, 5.41) is 0. The van der Waals surface area contributed by atoms with Gasteiger partial charge in [0.25, 0.3) is 0 Å². The second-order valence-electron chi connectivity index (χ2n) is 5.31. The molecule has 0 amide bonds. The van der Waals surface area contributed by atoms with E-state index in [9.17, 15) is 0 Å². The molecule has 1 aromatic rings. The molecule has 0 bridgehead atoms. The Morgan fingerprint density at radius 1 is 1.44 bits per heavy atom. The summed E-state index contributed by atoms with van der Waals surface area (Å²) in [5.41, 5.74) is 6.39. The molecule has 2 N–H and O–H groups in total. The zero-order chi connectivity index (χ0) is 13.1. The lowest BCUT2D eigenvalue weighted by atomic mass is 10.0. The topological polar surface area (TPSA) is 50.3 Å². The average Bonchev–Trinajstić information content (AvgIpc) is 2.79. The van der Waals surface area contributed by atoms with Crippen LogP contribution in [0.2, 0.25) is 0 Å². The van der Waals surface area contributed by atoms with Crippen molar-refractivity contribution >= 4 is 0 Å². The fourth-order valence-electron chi connectivity index (χ4n) is 2.67. The number of likely N-dealkylation sites (N-methyl/N-ethyl adjacent to an activating group) is 2. The molecule has 1 aromatic heterocycles. The van der Waals surface area contributed by atoms with E-state index in [1.165, 1.54) is 0 Å². The van der Waals surface area contributed by atoms with Gasteiger partial charge in [0.15, 0.2) is 0 Å². The number of hydrogen-bond donors (Lipinski definition) is 1. The van der Waals surface area contributed by atoms with Crippen molar-refractivity contribution in [3.63, 3.8) is 0 Å². The van der Waals surface area contributed by atoms with Crippen LogP contribution in [0.25, 0.3) is 0 Å². The molecule has 2 heterocycles. The van der Waals surface area contributed by atoms with E-state index in [1.807, 2.05) is 12.4 Å². The summed E-state index contributed by atoms with van der Waals surface area (Å²) in [6, 6.07) is 0.566. The van der Waals surface area contributed by atoms with Crippen LogP contribution in [0.15, 0.2) is 12.4 Å². The summed E-state index contributed by atoms with van der Waals surface area (Å²) in [7, 11) is 4.34. The van der Waals surface area contributed by atoms with Gasteiger partial charge >= 0.3 is 0 Å². The van der Waals surface area contributed by atoms with Crippen LogP contribution in [0.4, 0.5) is 0 Å². The van der Waals surface area contributed by atoms with Crippen molar-refractivity contribution < 1.29 is 0 Å². The van der Waals surface area contributed by atoms with Gasteiger partial charge in [0, 0.05) is 57.1 Å². The first kappa shape index (κ1) is 13.5. The molecule has 1 saturated heterocycles. The Balaban J connectivity index is 2.00. The molecule has 1 aliphatic rings. The third-order valence-electron chi connectivity index (χ3n) is 3.95. The average molecular weight is 251 g/mol. The number of imidazole rings is 1. The van der Waals surface area contributed by atoms with Crippen molar-refractivity contribution in [2.24, 2.45) is 5.73 Å². The van der Waals surface area contributed by atoms with Gasteiger partial charge in [-0.2, -0.15) is 0 Å². The van der Waals surface area contributed by atoms with Gasteiger partial charge < -0.3 is 15.2 Å². The van der Waals surface area contributed by atoms with Gasteiger partial charge in [0.05, 0.1) is 0 Å². The minimum Gasteiger partial charge on any atom is -0.335 e. The molecule has 5 heteroatoms. The Bertz CT molecular complexity index is 375. The van der Waals surface area contributed by atoms with Crippen molar-refractivity contribution in [2.45, 2.75) is 32.0 Å². The van der Waals surface area contributed by atoms with Crippen LogP contribution in [-0.4, -0.2) is 65.2 Å². The normalized spacial score (nSPS) is 24.3. The predicted molar refractivity (Wildman–Crippen MR) is 73.5 cm³/mol. The van der Waals surface area contributed by atoms with Crippen LogP contribution in [0.3, 0.4) is 0 Å². The molecule has 0 saturated carbocycles. The van der Waals surface area contributed by atoms with E-state index >= 15 is 0 Å². The Kier molecular flexibility index (Phi) is 4.37. The van der Waals surface area contributed by atoms with Crippen molar-refractivity contribution in [3.05, 3.63) is 18.2 Å². The van der Waals surface area contributed by atoms with Gasteiger partial charge in [-0.3, -0.25) is 4.90 Å². The maximum atomic E-state index is 6.39. The summed E-state index contributed by atoms with van der Waals surface area (Å²) >= 11 is 0. The highest BCUT2D eigenvalue weighted by Crippen LogP contribution is 2.12. The van der Waals surface area contributed by atoms with Gasteiger partial charge in [-0.15, -0.1) is 0 Å². The number of aromatic nitrogens is 2. The van der Waals surface area contributed by atoms with Crippen LogP contribution in [0, 0.1) is 0 Å². The molecule has 0 radical (unpaired) electrons. The molecular weight excluding hydrogens is 226 g/mol. The maximum Gasteiger partial charge on any atom is 0.110 e. The first-order chi connectivity index (χ1) is 8.61. The smallest absolute Gasteiger partial charge is 0.110 e. The molecule has 102 valence electrons. The third kappa shape index (κ3) is 2.91. The van der Waals surface area contributed by atoms with Crippen LogP contribution >= 0.6 is 0 Å². The molecular formula is C13H25N5. The largest absolute Gasteiger partial charge is 0.335 e. The summed E-state index contributed by atoms with van der Waals surface area (Å²) in [6.45, 7) is 6.37. The first-order valence-corrected chi connectivity index (χ1v) is 6.76. The molecule has 5 nitrogen and oxygen atoms in total. The zero-order valence-corrected chi connectivity index (χ0v) is 11.7. The van der Waals surface area contributed by atoms with Gasteiger partial charge in [-0.25, -0.2) is 4.98 Å². The number of nitrogens with zero attached hydrogens (tertiary/aromatic N) is 4. The van der Waals surface area contributed by atoms with Crippen molar-refractivity contribution in [1.82, 2.24) is 19.4 Å². The Labute approximate surface area is 110 Å². The first-order valence-electron chi connectivity index (χ1n) is 6.76. The number of aryl methyl sites for hydroxylation is 1. The number of nitrogens with two attached hydrogens (primary N) is 1. The monoisotopic (exact) mass is 251 g/mol. The quantitative estimate of drug-likeness (QED) is 0.819. The van der Waals surface area contributed by atoms with E-state index in [0.29, 0.717) is 6.04 Å². The summed E-state index contributed by atoms with van der Waals surface area (Å²) in [4.78, 5) is 9.15. The summed E-state index contributed by atoms with van der Waals surface area (Å²) in [5.74, 6) is 1.10. The van der Waals surface area contributed by atoms with E-state index in [-0.39, 0.29) is 6.04 Å². The highest BCUT2D eigenvalue weighted by molar-refractivity contribution is 4.99. The minimum absolute atomic E-state index is 0.144. The van der Waals surface area contributed by atoms with E-state index in [0.717, 1.165) is 38.4 Å². The SMILES string of the molecule is CCn1ccnc1CC(N)C1CN(C)CCN1C. The Morgan fingerprint density at radius 2 is 2.22 bits per heavy atom. The van der Waals surface area contributed by atoms with E-state index in [1.54, 1.807) is 0 Å². The minimum atomic E-state index is 0.144. The van der Waals surface area contributed by atoms with Gasteiger partial charge in [-0.05, 0) is 21.0 Å². The van der Waals surface area contributed by atoms with Crippen LogP contribution in [-0.2, 0) is 13.0 Å². The highest BCUT2D eigenvalue weighted by atomic mass is 15.3. The lowest BCUT2D eigenvalue weighted by Gasteiger charge is -2.40. The molecule has 0 aliphatic carbocycles.